The van der Waals surface area contributed by atoms with Gasteiger partial charge in [0, 0.05) is 24.4 Å². The maximum atomic E-state index is 12.7. The average molecular weight is 374 g/mol. The third-order valence-corrected chi connectivity index (χ3v) is 5.94. The zero-order valence-corrected chi connectivity index (χ0v) is 14.5. The van der Waals surface area contributed by atoms with E-state index in [0.717, 1.165) is 6.07 Å². The Morgan fingerprint density at radius 1 is 1.35 bits per heavy atom. The summed E-state index contributed by atoms with van der Waals surface area (Å²) in [6.45, 7) is 1.79. The number of hydrogen-bond donors (Lipinski definition) is 0. The minimum absolute atomic E-state index is 0.0882. The number of nitro groups is 1. The number of rotatable bonds is 5. The van der Waals surface area contributed by atoms with E-state index in [-0.39, 0.29) is 29.6 Å². The van der Waals surface area contributed by atoms with Crippen molar-refractivity contribution in [3.8, 4) is 11.9 Å². The highest BCUT2D eigenvalue weighted by molar-refractivity contribution is 7.89. The number of hydrogen-bond acceptors (Lipinski definition) is 7. The molecule has 9 nitrogen and oxygen atoms in total. The summed E-state index contributed by atoms with van der Waals surface area (Å²) in [4.78, 5) is 14.2. The van der Waals surface area contributed by atoms with Gasteiger partial charge in [0.25, 0.3) is 5.69 Å². The largest absolute Gasteiger partial charge is 0.471 e. The van der Waals surface area contributed by atoms with Crippen LogP contribution in [0.5, 0.6) is 5.88 Å². The van der Waals surface area contributed by atoms with E-state index in [2.05, 4.69) is 4.98 Å². The summed E-state index contributed by atoms with van der Waals surface area (Å²) >= 11 is 0. The molecular formula is C16H14N4O5S. The highest BCUT2D eigenvalue weighted by Crippen LogP contribution is 2.28. The van der Waals surface area contributed by atoms with Gasteiger partial charge in [0.2, 0.25) is 15.9 Å². The van der Waals surface area contributed by atoms with Crippen molar-refractivity contribution in [3.63, 3.8) is 0 Å². The molecule has 1 aromatic carbocycles. The Bertz CT molecular complexity index is 1010. The Balaban J connectivity index is 1.73. The van der Waals surface area contributed by atoms with Gasteiger partial charge in [-0.25, -0.2) is 13.4 Å². The van der Waals surface area contributed by atoms with Crippen LogP contribution in [-0.2, 0) is 10.0 Å². The predicted octanol–water partition coefficient (Wildman–Crippen LogP) is 1.62. The molecule has 0 unspecified atom stereocenters. The predicted molar refractivity (Wildman–Crippen MR) is 90.0 cm³/mol. The van der Waals surface area contributed by atoms with E-state index in [4.69, 9.17) is 10.00 Å². The molecule has 26 heavy (non-hydrogen) atoms. The SMILES string of the molecule is Cc1ccc([N+](=O)[O-])cc1S(=O)(=O)N1CC(Oc2cc(C#N)ccn2)C1. The molecule has 0 radical (unpaired) electrons. The van der Waals surface area contributed by atoms with Crippen molar-refractivity contribution in [1.29, 1.82) is 5.26 Å². The molecule has 0 saturated carbocycles. The summed E-state index contributed by atoms with van der Waals surface area (Å²) in [5, 5.41) is 19.8. The molecule has 134 valence electrons. The zero-order valence-electron chi connectivity index (χ0n) is 13.7. The number of pyridine rings is 1. The van der Waals surface area contributed by atoms with Crippen molar-refractivity contribution in [1.82, 2.24) is 9.29 Å². The van der Waals surface area contributed by atoms with Crippen LogP contribution < -0.4 is 4.74 Å². The minimum Gasteiger partial charge on any atom is -0.471 e. The molecule has 1 aliphatic heterocycles. The number of non-ortho nitro benzene ring substituents is 1. The van der Waals surface area contributed by atoms with Crippen molar-refractivity contribution in [2.45, 2.75) is 17.9 Å². The van der Waals surface area contributed by atoms with Gasteiger partial charge in [-0.1, -0.05) is 6.07 Å². The van der Waals surface area contributed by atoms with Crippen molar-refractivity contribution in [2.24, 2.45) is 0 Å². The summed E-state index contributed by atoms with van der Waals surface area (Å²) in [5.74, 6) is 0.248. The number of aryl methyl sites for hydroxylation is 1. The summed E-state index contributed by atoms with van der Waals surface area (Å²) in [6, 6.07) is 8.73. The Labute approximate surface area is 149 Å². The first-order chi connectivity index (χ1) is 12.3. The summed E-state index contributed by atoms with van der Waals surface area (Å²) in [7, 11) is -3.85. The Morgan fingerprint density at radius 3 is 2.73 bits per heavy atom. The van der Waals surface area contributed by atoms with Crippen LogP contribution in [0.3, 0.4) is 0 Å². The summed E-state index contributed by atoms with van der Waals surface area (Å²) in [5.41, 5.74) is 0.550. The highest BCUT2D eigenvalue weighted by atomic mass is 32.2. The van der Waals surface area contributed by atoms with Gasteiger partial charge in [-0.15, -0.1) is 0 Å². The first kappa shape index (κ1) is 17.8. The molecule has 2 aromatic rings. The maximum Gasteiger partial charge on any atom is 0.270 e. The summed E-state index contributed by atoms with van der Waals surface area (Å²) < 4.78 is 32.2. The topological polar surface area (TPSA) is 126 Å². The van der Waals surface area contributed by atoms with E-state index in [1.165, 1.54) is 34.8 Å². The third kappa shape index (κ3) is 3.35. The lowest BCUT2D eigenvalue weighted by Crippen LogP contribution is -2.56. The molecule has 0 bridgehead atoms. The number of ether oxygens (including phenoxy) is 1. The van der Waals surface area contributed by atoms with Crippen LogP contribution in [0, 0.1) is 28.4 Å². The fraction of sp³-hybridized carbons (Fsp3) is 0.250. The number of nitro benzene ring substituents is 1. The van der Waals surface area contributed by atoms with E-state index in [0.29, 0.717) is 11.1 Å². The van der Waals surface area contributed by atoms with E-state index >= 15 is 0 Å². The van der Waals surface area contributed by atoms with Gasteiger partial charge in [-0.3, -0.25) is 10.1 Å². The quantitative estimate of drug-likeness (QED) is 0.575. The molecule has 0 amide bonds. The molecule has 2 heterocycles. The van der Waals surface area contributed by atoms with Gasteiger partial charge >= 0.3 is 0 Å². The lowest BCUT2D eigenvalue weighted by atomic mass is 10.2. The molecule has 0 aliphatic carbocycles. The highest BCUT2D eigenvalue weighted by Gasteiger charge is 2.39. The standard InChI is InChI=1S/C16H14N4O5S/c1-11-2-3-13(20(21)22)7-15(11)26(23,24)19-9-14(10-19)25-16-6-12(8-17)4-5-18-16/h2-7,14H,9-10H2,1H3. The second-order valence-electron chi connectivity index (χ2n) is 5.76. The Morgan fingerprint density at radius 2 is 2.08 bits per heavy atom. The first-order valence-electron chi connectivity index (χ1n) is 7.59. The molecule has 10 heteroatoms. The summed E-state index contributed by atoms with van der Waals surface area (Å²) in [6.07, 6.45) is 1.04. The molecule has 0 N–H and O–H groups in total. The molecule has 1 saturated heterocycles. The van der Waals surface area contributed by atoms with Crippen LogP contribution >= 0.6 is 0 Å². The van der Waals surface area contributed by atoms with E-state index < -0.39 is 21.1 Å². The number of nitrogens with zero attached hydrogens (tertiary/aromatic N) is 4. The van der Waals surface area contributed by atoms with Gasteiger partial charge in [-0.2, -0.15) is 9.57 Å². The van der Waals surface area contributed by atoms with Gasteiger partial charge in [-0.05, 0) is 18.6 Å². The Kier molecular flexibility index (Phi) is 4.58. The Hall–Kier alpha value is -3.03. The lowest BCUT2D eigenvalue weighted by molar-refractivity contribution is -0.385. The fourth-order valence-corrected chi connectivity index (χ4v) is 4.25. The van der Waals surface area contributed by atoms with Crippen LogP contribution in [0.25, 0.3) is 0 Å². The van der Waals surface area contributed by atoms with Gasteiger partial charge in [0.05, 0.1) is 34.5 Å². The minimum atomic E-state index is -3.85. The van der Waals surface area contributed by atoms with Crippen molar-refractivity contribution >= 4 is 15.7 Å². The maximum absolute atomic E-state index is 12.7. The van der Waals surface area contributed by atoms with Crippen LogP contribution in [0.2, 0.25) is 0 Å². The molecule has 1 fully saturated rings. The second kappa shape index (κ2) is 6.70. The number of sulfonamides is 1. The molecule has 1 aliphatic rings. The number of aromatic nitrogens is 1. The van der Waals surface area contributed by atoms with Crippen LogP contribution in [0.1, 0.15) is 11.1 Å². The van der Waals surface area contributed by atoms with Gasteiger partial charge in [0.15, 0.2) is 0 Å². The van der Waals surface area contributed by atoms with Crippen molar-refractivity contribution < 1.29 is 18.1 Å². The zero-order chi connectivity index (χ0) is 18.9. The van der Waals surface area contributed by atoms with Crippen LogP contribution in [-0.4, -0.2) is 41.8 Å². The molecule has 1 aromatic heterocycles. The first-order valence-corrected chi connectivity index (χ1v) is 9.03. The number of nitriles is 1. The fourth-order valence-electron chi connectivity index (χ4n) is 2.51. The molecule has 0 spiro atoms. The average Bonchev–Trinajstić information content (AvgIpc) is 2.57. The smallest absolute Gasteiger partial charge is 0.270 e. The molecular weight excluding hydrogens is 360 g/mol. The molecule has 3 rings (SSSR count). The van der Waals surface area contributed by atoms with Gasteiger partial charge in [0.1, 0.15) is 6.10 Å². The molecule has 0 atom stereocenters. The van der Waals surface area contributed by atoms with Crippen LogP contribution in [0.15, 0.2) is 41.4 Å². The van der Waals surface area contributed by atoms with Crippen LogP contribution in [0.4, 0.5) is 5.69 Å². The van der Waals surface area contributed by atoms with Gasteiger partial charge < -0.3 is 4.74 Å². The number of benzene rings is 1. The van der Waals surface area contributed by atoms with E-state index in [1.54, 1.807) is 6.92 Å². The monoisotopic (exact) mass is 374 g/mol. The van der Waals surface area contributed by atoms with Crippen molar-refractivity contribution in [2.75, 3.05) is 13.1 Å². The lowest BCUT2D eigenvalue weighted by Gasteiger charge is -2.37. The van der Waals surface area contributed by atoms with E-state index in [9.17, 15) is 18.5 Å². The van der Waals surface area contributed by atoms with E-state index in [1.807, 2.05) is 6.07 Å². The normalized spacial score (nSPS) is 15.1. The van der Waals surface area contributed by atoms with Crippen molar-refractivity contribution in [3.05, 3.63) is 57.8 Å². The second-order valence-corrected chi connectivity index (χ2v) is 7.67. The third-order valence-electron chi connectivity index (χ3n) is 3.97.